The molecule has 0 spiro atoms. The molecule has 0 saturated heterocycles. The molecule has 2 saturated carbocycles. The van der Waals surface area contributed by atoms with Gasteiger partial charge in [0.1, 0.15) is 0 Å². The minimum Gasteiger partial charge on any atom is -0.411 e. The summed E-state index contributed by atoms with van der Waals surface area (Å²) in [6, 6.07) is 0. The Kier molecular flexibility index (Phi) is 3.63. The monoisotopic (exact) mass is 266 g/mol. The molecule has 108 valence electrons. The van der Waals surface area contributed by atoms with Gasteiger partial charge in [-0.1, -0.05) is 31.1 Å². The van der Waals surface area contributed by atoms with E-state index in [0.717, 1.165) is 36.6 Å². The van der Waals surface area contributed by atoms with Gasteiger partial charge in [-0.3, -0.25) is 0 Å². The molecule has 0 unspecified atom stereocenters. The van der Waals surface area contributed by atoms with Crippen LogP contribution >= 0.6 is 0 Å². The summed E-state index contributed by atoms with van der Waals surface area (Å²) in [5.74, 6) is 1.07. The summed E-state index contributed by atoms with van der Waals surface area (Å²) in [7, 11) is 0. The Balaban J connectivity index is 2.19. The molecule has 4 heteroatoms. The normalized spacial score (nSPS) is 39.8. The second-order valence-electron chi connectivity index (χ2n) is 7.47. The van der Waals surface area contributed by atoms with Crippen LogP contribution in [-0.4, -0.2) is 21.8 Å². The second-order valence-corrected chi connectivity index (χ2v) is 7.47. The topological polar surface area (TPSA) is 65.2 Å². The minimum atomic E-state index is 0.221. The van der Waals surface area contributed by atoms with Crippen molar-refractivity contribution in [1.29, 1.82) is 0 Å². The highest BCUT2D eigenvalue weighted by Gasteiger charge is 2.59. The van der Waals surface area contributed by atoms with Crippen LogP contribution in [0, 0.1) is 22.7 Å². The molecule has 3 atom stereocenters. The zero-order chi connectivity index (χ0) is 14.3. The molecule has 2 aliphatic rings. The molecule has 0 aromatic heterocycles. The molecule has 0 aliphatic heterocycles. The van der Waals surface area contributed by atoms with Crippen molar-refractivity contribution >= 4 is 11.4 Å². The molecular formula is C15H26N2O2. The maximum Gasteiger partial charge on any atom is 0.0612 e. The first-order valence-corrected chi connectivity index (χ1v) is 7.21. The van der Waals surface area contributed by atoms with Gasteiger partial charge in [-0.15, -0.1) is 0 Å². The molecular weight excluding hydrogens is 240 g/mol. The Bertz CT molecular complexity index is 414. The van der Waals surface area contributed by atoms with Crippen LogP contribution in [0.25, 0.3) is 0 Å². The lowest BCUT2D eigenvalue weighted by Crippen LogP contribution is -2.26. The first kappa shape index (κ1) is 14.4. The van der Waals surface area contributed by atoms with E-state index in [2.05, 4.69) is 31.1 Å². The van der Waals surface area contributed by atoms with Crippen LogP contribution in [0.1, 0.15) is 59.8 Å². The Hall–Kier alpha value is -1.06. The standard InChI is InChI=1S/C15H26N2O2/c1-10(16-18)5-6-12-13(17-19)9-14(2,3)7-11-8-15(11,12)4/h11-12,18-19H,5-9H2,1-4H3/b16-10+,17-13+/t11-,12+,15+/m0/s1. The fourth-order valence-electron chi connectivity index (χ4n) is 3.94. The zero-order valence-corrected chi connectivity index (χ0v) is 12.5. The second kappa shape index (κ2) is 4.80. The predicted molar refractivity (Wildman–Crippen MR) is 76.1 cm³/mol. The van der Waals surface area contributed by atoms with Crippen LogP contribution in [0.5, 0.6) is 0 Å². The summed E-state index contributed by atoms with van der Waals surface area (Å²) in [4.78, 5) is 0. The van der Waals surface area contributed by atoms with E-state index in [1.807, 2.05) is 6.92 Å². The fraction of sp³-hybridized carbons (Fsp3) is 0.867. The van der Waals surface area contributed by atoms with Crippen LogP contribution in [-0.2, 0) is 0 Å². The van der Waals surface area contributed by atoms with E-state index in [4.69, 9.17) is 5.21 Å². The molecule has 0 aromatic carbocycles. The van der Waals surface area contributed by atoms with Gasteiger partial charge in [-0.25, -0.2) is 0 Å². The number of fused-ring (bicyclic) bond motifs is 1. The van der Waals surface area contributed by atoms with Crippen LogP contribution in [0.2, 0.25) is 0 Å². The number of hydrogen-bond donors (Lipinski definition) is 2. The van der Waals surface area contributed by atoms with E-state index in [1.54, 1.807) is 0 Å². The number of rotatable bonds is 3. The molecule has 0 aromatic rings. The zero-order valence-electron chi connectivity index (χ0n) is 12.5. The molecule has 2 N–H and O–H groups in total. The minimum absolute atomic E-state index is 0.221. The summed E-state index contributed by atoms with van der Waals surface area (Å²) in [6.07, 6.45) is 5.00. The largest absolute Gasteiger partial charge is 0.411 e. The summed E-state index contributed by atoms with van der Waals surface area (Å²) in [6.45, 7) is 8.68. The molecule has 4 nitrogen and oxygen atoms in total. The highest BCUT2D eigenvalue weighted by molar-refractivity contribution is 5.89. The van der Waals surface area contributed by atoms with E-state index < -0.39 is 0 Å². The van der Waals surface area contributed by atoms with Crippen molar-refractivity contribution in [2.45, 2.75) is 59.8 Å². The Morgan fingerprint density at radius 2 is 1.95 bits per heavy atom. The lowest BCUT2D eigenvalue weighted by Gasteiger charge is -2.26. The smallest absolute Gasteiger partial charge is 0.0612 e. The van der Waals surface area contributed by atoms with Gasteiger partial charge in [0.15, 0.2) is 0 Å². The number of oxime groups is 2. The maximum absolute atomic E-state index is 9.40. The van der Waals surface area contributed by atoms with Crippen LogP contribution in [0.15, 0.2) is 10.3 Å². The Labute approximate surface area is 115 Å². The third-order valence-electron chi connectivity index (χ3n) is 5.21. The SMILES string of the molecule is C/C(CC[C@@H]1/C(=N/O)CC(C)(C)C[C@H]2C[C@]21C)=N\O. The van der Waals surface area contributed by atoms with Crippen molar-refractivity contribution in [3.63, 3.8) is 0 Å². The van der Waals surface area contributed by atoms with E-state index in [0.29, 0.717) is 5.92 Å². The van der Waals surface area contributed by atoms with E-state index in [1.165, 1.54) is 12.8 Å². The molecule has 2 fully saturated rings. The van der Waals surface area contributed by atoms with Crippen molar-refractivity contribution in [2.24, 2.45) is 33.0 Å². The van der Waals surface area contributed by atoms with Gasteiger partial charge < -0.3 is 10.4 Å². The van der Waals surface area contributed by atoms with Crippen LogP contribution in [0.4, 0.5) is 0 Å². The van der Waals surface area contributed by atoms with E-state index >= 15 is 0 Å². The highest BCUT2D eigenvalue weighted by Crippen LogP contribution is 2.65. The average Bonchev–Trinajstić information content (AvgIpc) is 2.97. The quantitative estimate of drug-likeness (QED) is 0.462. The molecule has 0 bridgehead atoms. The fourth-order valence-corrected chi connectivity index (χ4v) is 3.94. The molecule has 19 heavy (non-hydrogen) atoms. The maximum atomic E-state index is 9.40. The lowest BCUT2D eigenvalue weighted by atomic mass is 9.79. The van der Waals surface area contributed by atoms with Gasteiger partial charge in [0, 0.05) is 5.92 Å². The van der Waals surface area contributed by atoms with Crippen molar-refractivity contribution in [3.8, 4) is 0 Å². The number of hydrogen-bond acceptors (Lipinski definition) is 4. The molecule has 0 amide bonds. The van der Waals surface area contributed by atoms with E-state index in [9.17, 15) is 5.21 Å². The molecule has 0 radical (unpaired) electrons. The third kappa shape index (κ3) is 2.77. The Morgan fingerprint density at radius 1 is 1.26 bits per heavy atom. The Morgan fingerprint density at radius 3 is 2.53 bits per heavy atom. The van der Waals surface area contributed by atoms with Crippen molar-refractivity contribution < 1.29 is 10.4 Å². The van der Waals surface area contributed by atoms with Crippen molar-refractivity contribution in [2.75, 3.05) is 0 Å². The summed E-state index contributed by atoms with van der Waals surface area (Å²) in [5, 5.41) is 25.1. The van der Waals surface area contributed by atoms with Crippen molar-refractivity contribution in [3.05, 3.63) is 0 Å². The van der Waals surface area contributed by atoms with Crippen LogP contribution in [0.3, 0.4) is 0 Å². The van der Waals surface area contributed by atoms with Gasteiger partial charge in [0.05, 0.1) is 11.4 Å². The van der Waals surface area contributed by atoms with E-state index in [-0.39, 0.29) is 10.8 Å². The third-order valence-corrected chi connectivity index (χ3v) is 5.21. The lowest BCUT2D eigenvalue weighted by molar-refractivity contribution is 0.298. The molecule has 0 heterocycles. The first-order valence-electron chi connectivity index (χ1n) is 7.21. The van der Waals surface area contributed by atoms with Crippen LogP contribution < -0.4 is 0 Å². The van der Waals surface area contributed by atoms with Gasteiger partial charge in [-0.05, 0) is 55.8 Å². The van der Waals surface area contributed by atoms with Gasteiger partial charge in [-0.2, -0.15) is 0 Å². The van der Waals surface area contributed by atoms with Gasteiger partial charge >= 0.3 is 0 Å². The molecule has 2 aliphatic carbocycles. The summed E-state index contributed by atoms with van der Waals surface area (Å²) in [5.41, 5.74) is 2.20. The van der Waals surface area contributed by atoms with Crippen molar-refractivity contribution in [1.82, 2.24) is 0 Å². The average molecular weight is 266 g/mol. The predicted octanol–water partition coefficient (Wildman–Crippen LogP) is 3.91. The first-order chi connectivity index (χ1) is 8.82. The summed E-state index contributed by atoms with van der Waals surface area (Å²) < 4.78 is 0. The van der Waals surface area contributed by atoms with Gasteiger partial charge in [0.2, 0.25) is 0 Å². The highest BCUT2D eigenvalue weighted by atomic mass is 16.4. The summed E-state index contributed by atoms with van der Waals surface area (Å²) >= 11 is 0. The van der Waals surface area contributed by atoms with Gasteiger partial charge in [0.25, 0.3) is 0 Å². The number of nitrogens with zero attached hydrogens (tertiary/aromatic N) is 2. The molecule has 2 rings (SSSR count).